The number of hydrogen-bond acceptors (Lipinski definition) is 3. The fourth-order valence-corrected chi connectivity index (χ4v) is 1.14. The summed E-state index contributed by atoms with van der Waals surface area (Å²) in [5, 5.41) is 4.09. The molecule has 1 atom stereocenters. The van der Waals surface area contributed by atoms with Gasteiger partial charge in [-0.05, 0) is 6.42 Å². The average Bonchev–Trinajstić information content (AvgIpc) is 2.70. The van der Waals surface area contributed by atoms with Crippen molar-refractivity contribution in [1.82, 2.24) is 9.78 Å². The molecule has 0 spiro atoms. The summed E-state index contributed by atoms with van der Waals surface area (Å²) in [6, 6.07) is 0. The molecule has 1 fully saturated rings. The second-order valence-electron chi connectivity index (χ2n) is 2.81. The summed E-state index contributed by atoms with van der Waals surface area (Å²) in [5.74, 6) is 0. The van der Waals surface area contributed by atoms with Crippen LogP contribution < -0.4 is 5.73 Å². The second-order valence-corrected chi connectivity index (χ2v) is 2.81. The van der Waals surface area contributed by atoms with E-state index in [0.29, 0.717) is 5.69 Å². The molecule has 0 radical (unpaired) electrons. The van der Waals surface area contributed by atoms with Crippen molar-refractivity contribution in [2.45, 2.75) is 19.1 Å². The van der Waals surface area contributed by atoms with Crippen LogP contribution in [0.5, 0.6) is 0 Å². The molecule has 1 aromatic rings. The predicted octanol–water partition coefficient (Wildman–Crippen LogP) is 0.558. The molecular formula is C7H11N3O. The van der Waals surface area contributed by atoms with Gasteiger partial charge >= 0.3 is 0 Å². The molecule has 0 aromatic carbocycles. The number of nitrogens with two attached hydrogens (primary N) is 1. The Balaban J connectivity index is 2.29. The van der Waals surface area contributed by atoms with Gasteiger partial charge in [0.1, 0.15) is 0 Å². The number of ether oxygens (including phenoxy) is 1. The lowest BCUT2D eigenvalue weighted by Gasteiger charge is -2.07. The summed E-state index contributed by atoms with van der Waals surface area (Å²) in [5.41, 5.74) is 6.04. The van der Waals surface area contributed by atoms with Crippen LogP contribution in [0.3, 0.4) is 0 Å². The van der Waals surface area contributed by atoms with Gasteiger partial charge in [-0.1, -0.05) is 6.92 Å². The summed E-state index contributed by atoms with van der Waals surface area (Å²) in [6.45, 7) is 2.83. The van der Waals surface area contributed by atoms with Gasteiger partial charge in [-0.15, -0.1) is 0 Å². The van der Waals surface area contributed by atoms with E-state index in [1.54, 1.807) is 17.1 Å². The van der Waals surface area contributed by atoms with Crippen LogP contribution in [0.4, 0.5) is 5.69 Å². The first-order valence-corrected chi connectivity index (χ1v) is 3.71. The third-order valence-corrected chi connectivity index (χ3v) is 2.05. The van der Waals surface area contributed by atoms with E-state index in [1.165, 1.54) is 0 Å². The first-order chi connectivity index (χ1) is 5.27. The molecule has 0 bridgehead atoms. The lowest BCUT2D eigenvalue weighted by Crippen LogP contribution is -2.17. The van der Waals surface area contributed by atoms with E-state index >= 15 is 0 Å². The smallest absolute Gasteiger partial charge is 0.184 e. The second kappa shape index (κ2) is 1.98. The van der Waals surface area contributed by atoms with Crippen LogP contribution in [0.1, 0.15) is 13.3 Å². The minimum absolute atomic E-state index is 0.169. The molecule has 4 heteroatoms. The molecule has 1 aliphatic rings. The minimum Gasteiger partial charge on any atom is -0.396 e. The Hall–Kier alpha value is -1.03. The first kappa shape index (κ1) is 6.67. The maximum absolute atomic E-state index is 5.52. The number of nitrogen functional groups attached to an aromatic ring is 1. The van der Waals surface area contributed by atoms with Crippen molar-refractivity contribution in [3.05, 3.63) is 12.4 Å². The van der Waals surface area contributed by atoms with Crippen LogP contribution in [0, 0.1) is 0 Å². The Morgan fingerprint density at radius 3 is 3.00 bits per heavy atom. The van der Waals surface area contributed by atoms with Crippen molar-refractivity contribution >= 4 is 5.69 Å². The molecule has 0 aliphatic carbocycles. The number of nitrogens with zero attached hydrogens (tertiary/aromatic N) is 2. The third kappa shape index (κ3) is 0.903. The molecule has 0 amide bonds. The fraction of sp³-hybridized carbons (Fsp3) is 0.571. The number of aromatic nitrogens is 2. The lowest BCUT2D eigenvalue weighted by molar-refractivity contribution is 0.198. The van der Waals surface area contributed by atoms with E-state index in [9.17, 15) is 0 Å². The number of hydrogen-bond donors (Lipinski definition) is 1. The van der Waals surface area contributed by atoms with Crippen LogP contribution >= 0.6 is 0 Å². The van der Waals surface area contributed by atoms with Crippen molar-refractivity contribution < 1.29 is 4.74 Å². The maximum Gasteiger partial charge on any atom is 0.184 e. The van der Waals surface area contributed by atoms with E-state index in [-0.39, 0.29) is 5.72 Å². The Morgan fingerprint density at radius 1 is 1.91 bits per heavy atom. The molecule has 4 nitrogen and oxygen atoms in total. The Bertz CT molecular complexity index is 264. The van der Waals surface area contributed by atoms with Crippen LogP contribution in [-0.2, 0) is 10.5 Å². The Labute approximate surface area is 64.9 Å². The SMILES string of the molecule is CCC1(n2cc(N)cn2)CO1. The van der Waals surface area contributed by atoms with Gasteiger partial charge in [0.2, 0.25) is 0 Å². The number of epoxide rings is 1. The molecule has 1 aliphatic heterocycles. The zero-order chi connectivity index (χ0) is 7.90. The monoisotopic (exact) mass is 153 g/mol. The largest absolute Gasteiger partial charge is 0.396 e. The highest BCUT2D eigenvalue weighted by atomic mass is 16.6. The Morgan fingerprint density at radius 2 is 2.64 bits per heavy atom. The molecular weight excluding hydrogens is 142 g/mol. The molecule has 0 saturated carbocycles. The van der Waals surface area contributed by atoms with E-state index in [4.69, 9.17) is 10.5 Å². The highest BCUT2D eigenvalue weighted by molar-refractivity contribution is 5.31. The highest BCUT2D eigenvalue weighted by Gasteiger charge is 2.45. The van der Waals surface area contributed by atoms with Gasteiger partial charge in [0.25, 0.3) is 0 Å². The van der Waals surface area contributed by atoms with Gasteiger partial charge in [-0.3, -0.25) is 0 Å². The number of rotatable bonds is 2. The fourth-order valence-electron chi connectivity index (χ4n) is 1.14. The van der Waals surface area contributed by atoms with E-state index in [0.717, 1.165) is 13.0 Å². The molecule has 2 N–H and O–H groups in total. The minimum atomic E-state index is -0.169. The predicted molar refractivity (Wildman–Crippen MR) is 40.9 cm³/mol. The maximum atomic E-state index is 5.52. The zero-order valence-corrected chi connectivity index (χ0v) is 6.45. The average molecular weight is 153 g/mol. The molecule has 2 rings (SSSR count). The standard InChI is InChI=1S/C7H11N3O/c1-2-7(5-11-7)10-4-6(8)3-9-10/h3-4H,2,5,8H2,1H3. The van der Waals surface area contributed by atoms with Gasteiger partial charge < -0.3 is 10.5 Å². The summed E-state index contributed by atoms with van der Waals surface area (Å²) >= 11 is 0. The van der Waals surface area contributed by atoms with Gasteiger partial charge in [0.05, 0.1) is 24.7 Å². The molecule has 1 saturated heterocycles. The van der Waals surface area contributed by atoms with Gasteiger partial charge in [0.15, 0.2) is 5.72 Å². The molecule has 1 unspecified atom stereocenters. The van der Waals surface area contributed by atoms with Crippen LogP contribution in [0.25, 0.3) is 0 Å². The molecule has 2 heterocycles. The summed E-state index contributed by atoms with van der Waals surface area (Å²) in [7, 11) is 0. The zero-order valence-electron chi connectivity index (χ0n) is 6.45. The quantitative estimate of drug-likeness (QED) is 0.631. The molecule has 11 heavy (non-hydrogen) atoms. The van der Waals surface area contributed by atoms with Gasteiger partial charge in [-0.2, -0.15) is 5.10 Å². The molecule has 1 aromatic heterocycles. The third-order valence-electron chi connectivity index (χ3n) is 2.05. The van der Waals surface area contributed by atoms with Gasteiger partial charge in [-0.25, -0.2) is 4.68 Å². The van der Waals surface area contributed by atoms with Crippen LogP contribution in [0.2, 0.25) is 0 Å². The van der Waals surface area contributed by atoms with Crippen molar-refractivity contribution in [1.29, 1.82) is 0 Å². The first-order valence-electron chi connectivity index (χ1n) is 3.71. The Kier molecular flexibility index (Phi) is 1.20. The van der Waals surface area contributed by atoms with E-state index in [2.05, 4.69) is 12.0 Å². The van der Waals surface area contributed by atoms with Crippen molar-refractivity contribution in [3.63, 3.8) is 0 Å². The summed E-state index contributed by atoms with van der Waals surface area (Å²) < 4.78 is 7.08. The van der Waals surface area contributed by atoms with E-state index in [1.807, 2.05) is 0 Å². The van der Waals surface area contributed by atoms with Crippen molar-refractivity contribution in [2.75, 3.05) is 12.3 Å². The van der Waals surface area contributed by atoms with Crippen LogP contribution in [-0.4, -0.2) is 16.4 Å². The van der Waals surface area contributed by atoms with E-state index < -0.39 is 0 Å². The van der Waals surface area contributed by atoms with Crippen LogP contribution in [0.15, 0.2) is 12.4 Å². The summed E-state index contributed by atoms with van der Waals surface area (Å²) in [6.07, 6.45) is 4.38. The van der Waals surface area contributed by atoms with Crippen molar-refractivity contribution in [2.24, 2.45) is 0 Å². The number of anilines is 1. The van der Waals surface area contributed by atoms with Crippen molar-refractivity contribution in [3.8, 4) is 0 Å². The summed E-state index contributed by atoms with van der Waals surface area (Å²) in [4.78, 5) is 0. The van der Waals surface area contributed by atoms with Gasteiger partial charge in [0, 0.05) is 0 Å². The lowest BCUT2D eigenvalue weighted by atomic mass is 10.2. The topological polar surface area (TPSA) is 56.4 Å². The normalized spacial score (nSPS) is 28.8. The highest BCUT2D eigenvalue weighted by Crippen LogP contribution is 2.35. The molecule has 60 valence electrons.